The summed E-state index contributed by atoms with van der Waals surface area (Å²) in [5.74, 6) is 0.370. The summed E-state index contributed by atoms with van der Waals surface area (Å²) in [6.45, 7) is 3.25. The van der Waals surface area contributed by atoms with Gasteiger partial charge >= 0.3 is 6.03 Å². The summed E-state index contributed by atoms with van der Waals surface area (Å²) >= 11 is 0. The SMILES string of the molecule is CCNC(=O)N[C@@H]1CCCC[C@@H]1C(=O)N1CC[C@@H]2[C@H](c3ccccc3)Nc3ccccc3[C@@H]21. The molecule has 1 aliphatic carbocycles. The summed E-state index contributed by atoms with van der Waals surface area (Å²) in [4.78, 5) is 28.4. The van der Waals surface area contributed by atoms with Crippen LogP contribution in [0, 0.1) is 11.8 Å². The number of benzene rings is 2. The van der Waals surface area contributed by atoms with E-state index in [0.717, 1.165) is 44.3 Å². The average Bonchev–Trinajstić information content (AvgIpc) is 3.30. The monoisotopic (exact) mass is 446 g/mol. The normalized spacial score (nSPS) is 28.3. The Kier molecular flexibility index (Phi) is 6.25. The number of nitrogens with zero attached hydrogens (tertiary/aromatic N) is 1. The predicted octanol–water partition coefficient (Wildman–Crippen LogP) is 4.62. The maximum Gasteiger partial charge on any atom is 0.315 e. The lowest BCUT2D eigenvalue weighted by atomic mass is 9.79. The van der Waals surface area contributed by atoms with E-state index in [9.17, 15) is 9.59 Å². The first-order chi connectivity index (χ1) is 16.2. The lowest BCUT2D eigenvalue weighted by Gasteiger charge is -2.42. The molecule has 0 unspecified atom stereocenters. The van der Waals surface area contributed by atoms with Crippen molar-refractivity contribution in [3.63, 3.8) is 0 Å². The maximum atomic E-state index is 14.0. The van der Waals surface area contributed by atoms with Crippen LogP contribution in [-0.2, 0) is 4.79 Å². The highest BCUT2D eigenvalue weighted by molar-refractivity contribution is 5.82. The van der Waals surface area contributed by atoms with E-state index < -0.39 is 0 Å². The molecule has 174 valence electrons. The Morgan fingerprint density at radius 2 is 1.76 bits per heavy atom. The van der Waals surface area contributed by atoms with Gasteiger partial charge in [0.1, 0.15) is 0 Å². The van der Waals surface area contributed by atoms with Crippen molar-refractivity contribution in [1.29, 1.82) is 0 Å². The second-order valence-corrected chi connectivity index (χ2v) is 9.55. The van der Waals surface area contributed by atoms with Crippen molar-refractivity contribution in [3.05, 3.63) is 65.7 Å². The van der Waals surface area contributed by atoms with Crippen molar-refractivity contribution in [3.8, 4) is 0 Å². The van der Waals surface area contributed by atoms with Crippen molar-refractivity contribution < 1.29 is 9.59 Å². The van der Waals surface area contributed by atoms with E-state index >= 15 is 0 Å². The minimum atomic E-state index is -0.169. The van der Waals surface area contributed by atoms with Crippen LogP contribution < -0.4 is 16.0 Å². The minimum absolute atomic E-state index is 0.0622. The van der Waals surface area contributed by atoms with Crippen molar-refractivity contribution >= 4 is 17.6 Å². The van der Waals surface area contributed by atoms with E-state index in [0.29, 0.717) is 12.5 Å². The van der Waals surface area contributed by atoms with E-state index in [1.54, 1.807) is 0 Å². The first-order valence-electron chi connectivity index (χ1n) is 12.4. The first kappa shape index (κ1) is 21.8. The molecule has 2 aromatic rings. The Morgan fingerprint density at radius 1 is 1.00 bits per heavy atom. The van der Waals surface area contributed by atoms with Gasteiger partial charge in [-0.3, -0.25) is 4.79 Å². The van der Waals surface area contributed by atoms with Crippen LogP contribution in [-0.4, -0.2) is 36.0 Å². The summed E-state index contributed by atoms with van der Waals surface area (Å²) in [5, 5.41) is 9.68. The van der Waals surface area contributed by atoms with Gasteiger partial charge in [-0.15, -0.1) is 0 Å². The first-order valence-corrected chi connectivity index (χ1v) is 12.4. The fourth-order valence-electron chi connectivity index (χ4n) is 6.16. The van der Waals surface area contributed by atoms with Gasteiger partial charge < -0.3 is 20.9 Å². The Bertz CT molecular complexity index is 995. The molecular weight excluding hydrogens is 412 g/mol. The Morgan fingerprint density at radius 3 is 2.58 bits per heavy atom. The lowest BCUT2D eigenvalue weighted by molar-refractivity contribution is -0.138. The van der Waals surface area contributed by atoms with Crippen LogP contribution >= 0.6 is 0 Å². The molecule has 0 aromatic heterocycles. The zero-order valence-electron chi connectivity index (χ0n) is 19.3. The number of hydrogen-bond acceptors (Lipinski definition) is 3. The number of nitrogens with one attached hydrogen (secondary N) is 3. The number of rotatable bonds is 4. The van der Waals surface area contributed by atoms with Gasteiger partial charge in [-0.2, -0.15) is 0 Å². The molecule has 33 heavy (non-hydrogen) atoms. The number of anilines is 1. The Balaban J connectivity index is 1.43. The standard InChI is InChI=1S/C27H34N4O2/c1-2-28-27(33)30-23-15-9-7-13-20(23)26(32)31-17-16-21-24(18-10-4-3-5-11-18)29-22-14-8-6-12-19(22)25(21)31/h3-6,8,10-12,14,20-21,23-25,29H,2,7,9,13,15-17H2,1H3,(H2,28,30,33)/t20-,21+,23+,24-,25-/m0/s1. The average molecular weight is 447 g/mol. The van der Waals surface area contributed by atoms with Gasteiger partial charge in [0.05, 0.1) is 18.0 Å². The Hall–Kier alpha value is -3.02. The minimum Gasteiger partial charge on any atom is -0.378 e. The van der Waals surface area contributed by atoms with Crippen LogP contribution in [0.15, 0.2) is 54.6 Å². The van der Waals surface area contributed by atoms with E-state index in [2.05, 4.69) is 69.4 Å². The van der Waals surface area contributed by atoms with Crippen molar-refractivity contribution in [2.75, 3.05) is 18.4 Å². The summed E-state index contributed by atoms with van der Waals surface area (Å²) < 4.78 is 0. The molecule has 0 radical (unpaired) electrons. The van der Waals surface area contributed by atoms with Crippen LogP contribution in [0.1, 0.15) is 62.2 Å². The number of para-hydroxylation sites is 1. The van der Waals surface area contributed by atoms with Crippen LogP contribution in [0.25, 0.3) is 0 Å². The molecule has 3 aliphatic rings. The van der Waals surface area contributed by atoms with Gasteiger partial charge in [-0.25, -0.2) is 4.79 Å². The van der Waals surface area contributed by atoms with Crippen LogP contribution in [0.5, 0.6) is 0 Å². The number of amides is 3. The predicted molar refractivity (Wildman–Crippen MR) is 130 cm³/mol. The maximum absolute atomic E-state index is 14.0. The summed E-state index contributed by atoms with van der Waals surface area (Å²) in [5.41, 5.74) is 3.60. The number of urea groups is 1. The van der Waals surface area contributed by atoms with E-state index in [4.69, 9.17) is 0 Å². The number of likely N-dealkylation sites (tertiary alicyclic amines) is 1. The van der Waals surface area contributed by atoms with Gasteiger partial charge in [0.2, 0.25) is 5.91 Å². The fourth-order valence-corrected chi connectivity index (χ4v) is 6.16. The van der Waals surface area contributed by atoms with E-state index in [1.165, 1.54) is 11.1 Å². The third kappa shape index (κ3) is 4.19. The van der Waals surface area contributed by atoms with Crippen molar-refractivity contribution in [2.24, 2.45) is 11.8 Å². The van der Waals surface area contributed by atoms with Gasteiger partial charge in [-0.05, 0) is 43.4 Å². The highest BCUT2D eigenvalue weighted by Crippen LogP contribution is 2.51. The van der Waals surface area contributed by atoms with Crippen LogP contribution in [0.4, 0.5) is 10.5 Å². The molecule has 2 fully saturated rings. The smallest absolute Gasteiger partial charge is 0.315 e. The molecule has 5 atom stereocenters. The summed E-state index contributed by atoms with van der Waals surface area (Å²) in [6, 6.07) is 19.0. The molecule has 0 spiro atoms. The Labute approximate surface area is 196 Å². The molecule has 0 bridgehead atoms. The van der Waals surface area contributed by atoms with E-state index in [-0.39, 0.29) is 36.0 Å². The topological polar surface area (TPSA) is 73.5 Å². The highest BCUT2D eigenvalue weighted by atomic mass is 16.2. The number of carbonyl (C=O) groups excluding carboxylic acids is 2. The van der Waals surface area contributed by atoms with E-state index in [1.807, 2.05) is 13.0 Å². The second kappa shape index (κ2) is 9.46. The van der Waals surface area contributed by atoms with Gasteiger partial charge in [0, 0.05) is 30.7 Å². The van der Waals surface area contributed by atoms with Gasteiger partial charge in [0.25, 0.3) is 0 Å². The van der Waals surface area contributed by atoms with Crippen LogP contribution in [0.3, 0.4) is 0 Å². The number of carbonyl (C=O) groups is 2. The third-order valence-electron chi connectivity index (χ3n) is 7.64. The number of fused-ring (bicyclic) bond motifs is 3. The number of hydrogen-bond donors (Lipinski definition) is 3. The summed E-state index contributed by atoms with van der Waals surface area (Å²) in [7, 11) is 0. The lowest BCUT2D eigenvalue weighted by Crippen LogP contribution is -2.52. The molecule has 6 heteroatoms. The molecule has 6 nitrogen and oxygen atoms in total. The van der Waals surface area contributed by atoms with Gasteiger partial charge in [0.15, 0.2) is 0 Å². The third-order valence-corrected chi connectivity index (χ3v) is 7.64. The molecule has 2 aromatic carbocycles. The largest absolute Gasteiger partial charge is 0.378 e. The van der Waals surface area contributed by atoms with Crippen molar-refractivity contribution in [1.82, 2.24) is 15.5 Å². The fraction of sp³-hybridized carbons (Fsp3) is 0.481. The molecule has 1 saturated heterocycles. The molecule has 3 N–H and O–H groups in total. The molecule has 2 aliphatic heterocycles. The molecule has 3 amide bonds. The van der Waals surface area contributed by atoms with Gasteiger partial charge in [-0.1, -0.05) is 61.4 Å². The second-order valence-electron chi connectivity index (χ2n) is 9.55. The molecule has 5 rings (SSSR count). The molecule has 1 saturated carbocycles. The molecular formula is C27H34N4O2. The zero-order valence-corrected chi connectivity index (χ0v) is 19.3. The molecule has 2 heterocycles. The van der Waals surface area contributed by atoms with Crippen molar-refractivity contribution in [2.45, 2.75) is 57.2 Å². The van der Waals surface area contributed by atoms with Crippen LogP contribution in [0.2, 0.25) is 0 Å². The quantitative estimate of drug-likeness (QED) is 0.642. The highest BCUT2D eigenvalue weighted by Gasteiger charge is 2.48. The summed E-state index contributed by atoms with van der Waals surface area (Å²) in [6.07, 6.45) is 4.76. The zero-order chi connectivity index (χ0) is 22.8.